The molecule has 0 radical (unpaired) electrons. The van der Waals surface area contributed by atoms with E-state index in [4.69, 9.17) is 16.3 Å². The molecular formula is C15H13ClN2O. The molecule has 4 heteroatoms. The molecule has 0 atom stereocenters. The molecule has 0 amide bonds. The molecule has 1 heterocycles. The summed E-state index contributed by atoms with van der Waals surface area (Å²) in [5, 5.41) is 0.671. The van der Waals surface area contributed by atoms with Gasteiger partial charge in [0, 0.05) is 17.0 Å². The number of methoxy groups -OCH3 is 1. The van der Waals surface area contributed by atoms with E-state index in [0.29, 0.717) is 11.4 Å². The van der Waals surface area contributed by atoms with Crippen LogP contribution in [-0.4, -0.2) is 17.1 Å². The number of halogens is 1. The Kier molecular flexibility index (Phi) is 3.13. The van der Waals surface area contributed by atoms with Crippen LogP contribution >= 0.6 is 11.6 Å². The summed E-state index contributed by atoms with van der Waals surface area (Å²) in [7, 11) is 1.65. The zero-order valence-corrected chi connectivity index (χ0v) is 11.2. The van der Waals surface area contributed by atoms with Gasteiger partial charge in [-0.15, -0.1) is 0 Å². The van der Waals surface area contributed by atoms with E-state index in [9.17, 15) is 0 Å². The number of ether oxygens (including phenoxy) is 1. The molecule has 0 saturated heterocycles. The molecule has 0 fully saturated rings. The van der Waals surface area contributed by atoms with E-state index in [1.165, 1.54) is 0 Å². The first-order valence-electron chi connectivity index (χ1n) is 6.02. The minimum Gasteiger partial charge on any atom is -0.496 e. The van der Waals surface area contributed by atoms with E-state index in [-0.39, 0.29) is 0 Å². The first-order chi connectivity index (χ1) is 9.26. The molecule has 3 aromatic rings. The Bertz CT molecular complexity index is 688. The molecule has 96 valence electrons. The molecule has 0 spiro atoms. The molecule has 0 aliphatic heterocycles. The fraction of sp³-hybridized carbons (Fsp3) is 0.133. The second-order valence-electron chi connectivity index (χ2n) is 4.33. The Morgan fingerprint density at radius 1 is 1.21 bits per heavy atom. The van der Waals surface area contributed by atoms with E-state index >= 15 is 0 Å². The molecule has 0 unspecified atom stereocenters. The van der Waals surface area contributed by atoms with Crippen LogP contribution in [0.1, 0.15) is 11.4 Å². The van der Waals surface area contributed by atoms with Crippen molar-refractivity contribution >= 4 is 22.6 Å². The van der Waals surface area contributed by atoms with Crippen LogP contribution < -0.4 is 4.74 Å². The number of fused-ring (bicyclic) bond motifs is 1. The van der Waals surface area contributed by atoms with Gasteiger partial charge in [0.2, 0.25) is 0 Å². The van der Waals surface area contributed by atoms with E-state index in [0.717, 1.165) is 28.2 Å². The Morgan fingerprint density at radius 3 is 2.84 bits per heavy atom. The van der Waals surface area contributed by atoms with Gasteiger partial charge in [-0.05, 0) is 24.3 Å². The van der Waals surface area contributed by atoms with Gasteiger partial charge < -0.3 is 9.72 Å². The molecule has 1 aromatic heterocycles. The number of H-pyrrole nitrogens is 1. The Labute approximate surface area is 116 Å². The molecule has 0 saturated carbocycles. The lowest BCUT2D eigenvalue weighted by molar-refractivity contribution is 0.410. The van der Waals surface area contributed by atoms with Crippen LogP contribution in [0.4, 0.5) is 0 Å². The molecule has 0 bridgehead atoms. The van der Waals surface area contributed by atoms with Crippen molar-refractivity contribution < 1.29 is 4.74 Å². The maximum atomic E-state index is 5.96. The van der Waals surface area contributed by atoms with Gasteiger partial charge in [-0.1, -0.05) is 29.8 Å². The summed E-state index contributed by atoms with van der Waals surface area (Å²) < 4.78 is 5.35. The van der Waals surface area contributed by atoms with Crippen LogP contribution in [0.2, 0.25) is 5.02 Å². The van der Waals surface area contributed by atoms with Crippen molar-refractivity contribution in [3.05, 3.63) is 58.9 Å². The van der Waals surface area contributed by atoms with Crippen LogP contribution in [0.15, 0.2) is 42.5 Å². The Balaban J connectivity index is 1.96. The van der Waals surface area contributed by atoms with Gasteiger partial charge in [-0.3, -0.25) is 0 Å². The summed E-state index contributed by atoms with van der Waals surface area (Å²) in [5.41, 5.74) is 3.09. The summed E-state index contributed by atoms with van der Waals surface area (Å²) in [4.78, 5) is 7.87. The minimum atomic E-state index is 0.671. The van der Waals surface area contributed by atoms with Crippen molar-refractivity contribution in [2.24, 2.45) is 0 Å². The maximum Gasteiger partial charge on any atom is 0.123 e. The highest BCUT2D eigenvalue weighted by Gasteiger charge is 2.08. The highest BCUT2D eigenvalue weighted by Crippen LogP contribution is 2.25. The fourth-order valence-electron chi connectivity index (χ4n) is 2.13. The molecular weight excluding hydrogens is 260 g/mol. The standard InChI is InChI=1S/C15H13ClN2O/c1-19-14-9-11(16)7-6-10(14)8-15-17-12-4-2-3-5-13(12)18-15/h2-7,9H,8H2,1H3,(H,17,18). The van der Waals surface area contributed by atoms with Crippen molar-refractivity contribution in [3.63, 3.8) is 0 Å². The lowest BCUT2D eigenvalue weighted by Gasteiger charge is -2.07. The molecule has 3 rings (SSSR count). The molecule has 2 aromatic carbocycles. The lowest BCUT2D eigenvalue weighted by atomic mass is 10.1. The first kappa shape index (κ1) is 12.1. The summed E-state index contributed by atoms with van der Waals surface area (Å²) in [6.45, 7) is 0. The fourth-order valence-corrected chi connectivity index (χ4v) is 2.30. The van der Waals surface area contributed by atoms with Gasteiger partial charge >= 0.3 is 0 Å². The number of imidazole rings is 1. The number of nitrogens with zero attached hydrogens (tertiary/aromatic N) is 1. The van der Waals surface area contributed by atoms with Crippen molar-refractivity contribution in [2.75, 3.05) is 7.11 Å². The number of nitrogens with one attached hydrogen (secondary N) is 1. The number of aromatic amines is 1. The summed E-state index contributed by atoms with van der Waals surface area (Å²) in [5.74, 6) is 1.70. The number of hydrogen-bond acceptors (Lipinski definition) is 2. The third-order valence-electron chi connectivity index (χ3n) is 3.05. The Hall–Kier alpha value is -2.00. The zero-order chi connectivity index (χ0) is 13.2. The van der Waals surface area contributed by atoms with Gasteiger partial charge in [-0.25, -0.2) is 4.98 Å². The maximum absolute atomic E-state index is 5.96. The van der Waals surface area contributed by atoms with E-state index in [1.807, 2.05) is 42.5 Å². The number of aromatic nitrogens is 2. The van der Waals surface area contributed by atoms with Crippen LogP contribution in [0, 0.1) is 0 Å². The van der Waals surface area contributed by atoms with E-state index in [1.54, 1.807) is 7.11 Å². The van der Waals surface area contributed by atoms with Crippen molar-refractivity contribution in [1.82, 2.24) is 9.97 Å². The topological polar surface area (TPSA) is 37.9 Å². The predicted octanol–water partition coefficient (Wildman–Crippen LogP) is 3.82. The molecule has 1 N–H and O–H groups in total. The molecule has 19 heavy (non-hydrogen) atoms. The van der Waals surface area contributed by atoms with E-state index < -0.39 is 0 Å². The Morgan fingerprint density at radius 2 is 2.05 bits per heavy atom. The average Bonchev–Trinajstić information content (AvgIpc) is 2.83. The van der Waals surface area contributed by atoms with Gasteiger partial charge in [0.05, 0.1) is 18.1 Å². The summed E-state index contributed by atoms with van der Waals surface area (Å²) in [6.07, 6.45) is 0.690. The molecule has 0 aliphatic rings. The normalized spacial score (nSPS) is 10.8. The lowest BCUT2D eigenvalue weighted by Crippen LogP contribution is -1.95. The SMILES string of the molecule is COc1cc(Cl)ccc1Cc1nc2ccccc2[nH]1. The van der Waals surface area contributed by atoms with Gasteiger partial charge in [0.1, 0.15) is 11.6 Å². The van der Waals surface area contributed by atoms with Crippen LogP contribution in [-0.2, 0) is 6.42 Å². The number of benzene rings is 2. The third-order valence-corrected chi connectivity index (χ3v) is 3.28. The van der Waals surface area contributed by atoms with Crippen LogP contribution in [0.3, 0.4) is 0 Å². The highest BCUT2D eigenvalue weighted by molar-refractivity contribution is 6.30. The van der Waals surface area contributed by atoms with E-state index in [2.05, 4.69) is 9.97 Å². The summed E-state index contributed by atoms with van der Waals surface area (Å²) in [6, 6.07) is 13.6. The average molecular weight is 273 g/mol. The van der Waals surface area contributed by atoms with Gasteiger partial charge in [-0.2, -0.15) is 0 Å². The summed E-state index contributed by atoms with van der Waals surface area (Å²) >= 11 is 5.96. The second kappa shape index (κ2) is 4.94. The third kappa shape index (κ3) is 2.42. The quantitative estimate of drug-likeness (QED) is 0.787. The predicted molar refractivity (Wildman–Crippen MR) is 76.9 cm³/mol. The van der Waals surface area contributed by atoms with Crippen molar-refractivity contribution in [3.8, 4) is 5.75 Å². The zero-order valence-electron chi connectivity index (χ0n) is 10.5. The largest absolute Gasteiger partial charge is 0.496 e. The molecule has 3 nitrogen and oxygen atoms in total. The van der Waals surface area contributed by atoms with Crippen LogP contribution in [0.25, 0.3) is 11.0 Å². The first-order valence-corrected chi connectivity index (χ1v) is 6.40. The van der Waals surface area contributed by atoms with Crippen molar-refractivity contribution in [1.29, 1.82) is 0 Å². The minimum absolute atomic E-state index is 0.671. The number of hydrogen-bond donors (Lipinski definition) is 1. The van der Waals surface area contributed by atoms with Gasteiger partial charge in [0.25, 0.3) is 0 Å². The second-order valence-corrected chi connectivity index (χ2v) is 4.77. The van der Waals surface area contributed by atoms with Crippen LogP contribution in [0.5, 0.6) is 5.75 Å². The molecule has 0 aliphatic carbocycles. The van der Waals surface area contributed by atoms with Gasteiger partial charge in [0.15, 0.2) is 0 Å². The number of para-hydroxylation sites is 2. The van der Waals surface area contributed by atoms with Crippen molar-refractivity contribution in [2.45, 2.75) is 6.42 Å². The smallest absolute Gasteiger partial charge is 0.123 e. The monoisotopic (exact) mass is 272 g/mol. The number of rotatable bonds is 3. The highest BCUT2D eigenvalue weighted by atomic mass is 35.5.